The van der Waals surface area contributed by atoms with Crippen molar-refractivity contribution < 1.29 is 15.0 Å². The summed E-state index contributed by atoms with van der Waals surface area (Å²) in [6.07, 6.45) is 1.66. The summed E-state index contributed by atoms with van der Waals surface area (Å²) >= 11 is 0. The van der Waals surface area contributed by atoms with Crippen LogP contribution >= 0.6 is 0 Å². The molecule has 0 unspecified atom stereocenters. The Morgan fingerprint density at radius 2 is 2.16 bits per heavy atom. The van der Waals surface area contributed by atoms with E-state index < -0.39 is 11.5 Å². The minimum Gasteiger partial charge on any atom is -0.476 e. The number of carbonyl (C=O) groups is 1. The zero-order valence-electron chi connectivity index (χ0n) is 11.2. The molecular formula is C13H17N3O3. The number of likely N-dealkylation sites (N-methyl/N-ethyl adjacent to an activating group) is 1. The number of fused-ring (bicyclic) bond motifs is 1. The Morgan fingerprint density at radius 3 is 2.74 bits per heavy atom. The molecule has 0 amide bonds. The Labute approximate surface area is 110 Å². The number of hydrogen-bond donors (Lipinski definition) is 2. The maximum Gasteiger partial charge on any atom is 0.356 e. The van der Waals surface area contributed by atoms with E-state index in [-0.39, 0.29) is 12.3 Å². The van der Waals surface area contributed by atoms with E-state index in [2.05, 4.69) is 4.98 Å². The molecule has 0 radical (unpaired) electrons. The van der Waals surface area contributed by atoms with Crippen LogP contribution in [0.4, 0.5) is 5.82 Å². The van der Waals surface area contributed by atoms with Gasteiger partial charge < -0.3 is 15.1 Å². The van der Waals surface area contributed by atoms with Crippen molar-refractivity contribution in [1.82, 2.24) is 9.38 Å². The van der Waals surface area contributed by atoms with Crippen molar-refractivity contribution in [3.8, 4) is 0 Å². The molecule has 102 valence electrons. The predicted molar refractivity (Wildman–Crippen MR) is 71.7 cm³/mol. The van der Waals surface area contributed by atoms with Crippen LogP contribution in [0.2, 0.25) is 0 Å². The largest absolute Gasteiger partial charge is 0.476 e. The Morgan fingerprint density at radius 1 is 1.47 bits per heavy atom. The van der Waals surface area contributed by atoms with E-state index >= 15 is 0 Å². The van der Waals surface area contributed by atoms with E-state index in [1.54, 1.807) is 36.3 Å². The van der Waals surface area contributed by atoms with E-state index in [4.69, 9.17) is 0 Å². The van der Waals surface area contributed by atoms with E-state index in [1.165, 1.54) is 4.40 Å². The van der Waals surface area contributed by atoms with Crippen LogP contribution in [0.3, 0.4) is 0 Å². The monoisotopic (exact) mass is 263 g/mol. The first-order chi connectivity index (χ1) is 8.88. The fourth-order valence-corrected chi connectivity index (χ4v) is 1.81. The minimum absolute atomic E-state index is 0.0969. The third-order valence-electron chi connectivity index (χ3n) is 3.33. The fourth-order valence-electron chi connectivity index (χ4n) is 1.81. The average Bonchev–Trinajstić information content (AvgIpc) is 2.76. The normalized spacial score (nSPS) is 11.8. The molecule has 0 saturated carbocycles. The molecule has 0 saturated heterocycles. The summed E-state index contributed by atoms with van der Waals surface area (Å²) in [6.45, 7) is 3.54. The number of hydrogen-bond acceptors (Lipinski definition) is 4. The zero-order chi connectivity index (χ0) is 14.2. The molecule has 6 heteroatoms. The number of rotatable bonds is 4. The van der Waals surface area contributed by atoms with Crippen LogP contribution in [0.1, 0.15) is 24.3 Å². The highest BCUT2D eigenvalue weighted by Crippen LogP contribution is 2.26. The number of nitrogens with zero attached hydrogens (tertiary/aromatic N) is 3. The molecule has 0 spiro atoms. The Kier molecular flexibility index (Phi) is 3.20. The lowest BCUT2D eigenvalue weighted by atomic mass is 10.1. The first-order valence-electron chi connectivity index (χ1n) is 5.93. The molecule has 0 atom stereocenters. The number of carboxylic acids is 1. The maximum atomic E-state index is 11.5. The molecule has 0 aliphatic rings. The second-order valence-corrected chi connectivity index (χ2v) is 5.05. The number of aliphatic hydroxyl groups is 1. The summed E-state index contributed by atoms with van der Waals surface area (Å²) in [4.78, 5) is 17.5. The van der Waals surface area contributed by atoms with Gasteiger partial charge in [0.05, 0.1) is 12.1 Å². The summed E-state index contributed by atoms with van der Waals surface area (Å²) in [5, 5.41) is 18.8. The molecule has 0 bridgehead atoms. The Hall–Kier alpha value is -2.08. The van der Waals surface area contributed by atoms with Gasteiger partial charge in [-0.25, -0.2) is 9.78 Å². The van der Waals surface area contributed by atoms with Gasteiger partial charge in [-0.2, -0.15) is 0 Å². The second-order valence-electron chi connectivity index (χ2n) is 5.05. The van der Waals surface area contributed by atoms with Crippen LogP contribution in [0, 0.1) is 0 Å². The Balaban J connectivity index is 2.66. The van der Waals surface area contributed by atoms with Crippen molar-refractivity contribution in [2.75, 3.05) is 18.6 Å². The van der Waals surface area contributed by atoms with E-state index in [1.807, 2.05) is 13.8 Å². The van der Waals surface area contributed by atoms with Crippen LogP contribution in [-0.2, 0) is 0 Å². The number of aromatic nitrogens is 2. The third kappa shape index (κ3) is 2.15. The van der Waals surface area contributed by atoms with Gasteiger partial charge in [-0.05, 0) is 26.0 Å². The number of aliphatic hydroxyl groups excluding tert-OH is 1. The number of pyridine rings is 1. The van der Waals surface area contributed by atoms with Gasteiger partial charge in [0.1, 0.15) is 5.65 Å². The van der Waals surface area contributed by atoms with Crippen molar-refractivity contribution in [2.45, 2.75) is 19.4 Å². The maximum absolute atomic E-state index is 11.5. The van der Waals surface area contributed by atoms with Gasteiger partial charge in [0.2, 0.25) is 0 Å². The lowest BCUT2D eigenvalue weighted by Crippen LogP contribution is -2.45. The lowest BCUT2D eigenvalue weighted by molar-refractivity contribution is 0.0689. The molecule has 0 aliphatic heterocycles. The Bertz CT molecular complexity index is 619. The van der Waals surface area contributed by atoms with Crippen LogP contribution in [-0.4, -0.2) is 44.8 Å². The smallest absolute Gasteiger partial charge is 0.356 e. The predicted octanol–water partition coefficient (Wildman–Crippen LogP) is 1.24. The molecule has 6 nitrogen and oxygen atoms in total. The topological polar surface area (TPSA) is 78.1 Å². The standard InChI is InChI=1S/C13H17N3O3/c1-13(2,8-17)15(3)11-10(12(18)19)16-7-5-4-6-9(16)14-11/h4-7,17H,8H2,1-3H3,(H,18,19). The second kappa shape index (κ2) is 4.55. The van der Waals surface area contributed by atoms with Crippen molar-refractivity contribution in [3.05, 3.63) is 30.1 Å². The van der Waals surface area contributed by atoms with Gasteiger partial charge in [0.15, 0.2) is 11.5 Å². The highest BCUT2D eigenvalue weighted by molar-refractivity contribution is 5.93. The lowest BCUT2D eigenvalue weighted by Gasteiger charge is -2.34. The molecule has 2 N–H and O–H groups in total. The number of anilines is 1. The first-order valence-corrected chi connectivity index (χ1v) is 5.93. The minimum atomic E-state index is -1.05. The first kappa shape index (κ1) is 13.4. The van der Waals surface area contributed by atoms with E-state index in [0.29, 0.717) is 11.5 Å². The number of imidazole rings is 1. The SMILES string of the molecule is CN(c1nc2ccccn2c1C(=O)O)C(C)(C)CO. The molecule has 2 aromatic heterocycles. The molecular weight excluding hydrogens is 246 g/mol. The summed E-state index contributed by atoms with van der Waals surface area (Å²) < 4.78 is 1.53. The molecule has 19 heavy (non-hydrogen) atoms. The molecule has 2 aromatic rings. The molecule has 2 rings (SSSR count). The van der Waals surface area contributed by atoms with Crippen LogP contribution in [0.5, 0.6) is 0 Å². The fraction of sp³-hybridized carbons (Fsp3) is 0.385. The molecule has 0 fully saturated rings. The van der Waals surface area contributed by atoms with Gasteiger partial charge in [-0.1, -0.05) is 6.07 Å². The summed E-state index contributed by atoms with van der Waals surface area (Å²) in [7, 11) is 1.73. The van der Waals surface area contributed by atoms with Crippen molar-refractivity contribution in [1.29, 1.82) is 0 Å². The highest BCUT2D eigenvalue weighted by atomic mass is 16.4. The quantitative estimate of drug-likeness (QED) is 0.867. The number of carboxylic acid groups (broad SMARTS) is 1. The van der Waals surface area contributed by atoms with Crippen LogP contribution < -0.4 is 4.90 Å². The average molecular weight is 263 g/mol. The molecule has 0 aliphatic carbocycles. The zero-order valence-corrected chi connectivity index (χ0v) is 11.2. The molecule has 2 heterocycles. The summed E-state index contributed by atoms with van der Waals surface area (Å²) in [5.74, 6) is -0.702. The third-order valence-corrected chi connectivity index (χ3v) is 3.33. The summed E-state index contributed by atoms with van der Waals surface area (Å²) in [5.41, 5.74) is 0.0670. The van der Waals surface area contributed by atoms with Gasteiger partial charge >= 0.3 is 5.97 Å². The van der Waals surface area contributed by atoms with Gasteiger partial charge in [0.25, 0.3) is 0 Å². The van der Waals surface area contributed by atoms with Crippen LogP contribution in [0.25, 0.3) is 5.65 Å². The summed E-state index contributed by atoms with van der Waals surface area (Å²) in [6, 6.07) is 5.30. The van der Waals surface area contributed by atoms with E-state index in [9.17, 15) is 15.0 Å². The number of aromatic carboxylic acids is 1. The van der Waals surface area contributed by atoms with Crippen molar-refractivity contribution in [2.24, 2.45) is 0 Å². The van der Waals surface area contributed by atoms with Crippen molar-refractivity contribution in [3.63, 3.8) is 0 Å². The van der Waals surface area contributed by atoms with Crippen LogP contribution in [0.15, 0.2) is 24.4 Å². The van der Waals surface area contributed by atoms with Gasteiger partial charge in [-0.3, -0.25) is 4.40 Å². The van der Waals surface area contributed by atoms with Gasteiger partial charge in [0, 0.05) is 13.2 Å². The molecule has 0 aromatic carbocycles. The van der Waals surface area contributed by atoms with Crippen molar-refractivity contribution >= 4 is 17.4 Å². The van der Waals surface area contributed by atoms with Gasteiger partial charge in [-0.15, -0.1) is 0 Å². The van der Waals surface area contributed by atoms with E-state index in [0.717, 1.165) is 0 Å². The highest BCUT2D eigenvalue weighted by Gasteiger charge is 2.29.